The number of hydrogen-bond acceptors (Lipinski definition) is 10. The molecule has 0 aliphatic carbocycles. The Morgan fingerprint density at radius 2 is 1.70 bits per heavy atom. The Kier molecular flexibility index (Phi) is 9.65. The van der Waals surface area contributed by atoms with Crippen molar-refractivity contribution < 1.29 is 28.5 Å². The summed E-state index contributed by atoms with van der Waals surface area (Å²) in [4.78, 5) is 64.7. The van der Waals surface area contributed by atoms with Crippen molar-refractivity contribution in [2.24, 2.45) is 5.92 Å². The molecule has 0 unspecified atom stereocenters. The Balaban J connectivity index is 1.56. The van der Waals surface area contributed by atoms with Crippen molar-refractivity contribution in [3.8, 4) is 0 Å². The molecule has 2 aromatic rings. The van der Waals surface area contributed by atoms with Crippen LogP contribution >= 0.6 is 0 Å². The van der Waals surface area contributed by atoms with Gasteiger partial charge in [-0.25, -0.2) is 4.98 Å². The molecule has 2 saturated heterocycles. The van der Waals surface area contributed by atoms with Crippen molar-refractivity contribution in [3.63, 3.8) is 0 Å². The lowest BCUT2D eigenvalue weighted by atomic mass is 9.64. The van der Waals surface area contributed by atoms with Crippen LogP contribution in [0.2, 0.25) is 5.82 Å². The maximum atomic E-state index is 13.8. The van der Waals surface area contributed by atoms with Gasteiger partial charge in [0, 0.05) is 37.7 Å². The molecule has 0 radical (unpaired) electrons. The summed E-state index contributed by atoms with van der Waals surface area (Å²) in [6.45, 7) is 4.82. The van der Waals surface area contributed by atoms with Gasteiger partial charge in [-0.05, 0) is 38.4 Å². The van der Waals surface area contributed by atoms with Crippen molar-refractivity contribution >= 4 is 30.7 Å². The maximum Gasteiger partial charge on any atom is 0.602 e. The molecule has 2 fully saturated rings. The maximum absolute atomic E-state index is 13.8. The molecule has 0 spiro atoms. The topological polar surface area (TPSA) is 131 Å². The van der Waals surface area contributed by atoms with Crippen molar-refractivity contribution in [2.75, 3.05) is 27.2 Å². The summed E-state index contributed by atoms with van der Waals surface area (Å²) in [6.07, 6.45) is 4.86. The number of carbonyl (C=O) groups is 4. The number of Topliss-reactive ketones (excluding diaryl/α,β-unsaturated/α-hetero) is 1. The molecular formula is C28H36BN5O6. The second kappa shape index (κ2) is 13.1. The Labute approximate surface area is 234 Å². The largest absolute Gasteiger partial charge is 0.602 e. The number of ketones is 1. The van der Waals surface area contributed by atoms with Crippen LogP contribution in [0.3, 0.4) is 0 Å². The molecule has 40 heavy (non-hydrogen) atoms. The minimum Gasteiger partial charge on any atom is -0.498 e. The predicted octanol–water partition coefficient (Wildman–Crippen LogP) is 1.40. The first-order valence-corrected chi connectivity index (χ1v) is 13.6. The number of fused-ring (bicyclic) bond motifs is 2. The summed E-state index contributed by atoms with van der Waals surface area (Å²) in [7, 11) is 2.35. The van der Waals surface area contributed by atoms with Gasteiger partial charge in [0.05, 0.1) is 12.2 Å². The predicted molar refractivity (Wildman–Crippen MR) is 147 cm³/mol. The highest BCUT2D eigenvalue weighted by Crippen LogP contribution is 2.30. The van der Waals surface area contributed by atoms with E-state index >= 15 is 0 Å². The van der Waals surface area contributed by atoms with E-state index in [1.807, 2.05) is 56.1 Å². The van der Waals surface area contributed by atoms with Crippen LogP contribution in [0.25, 0.3) is 0 Å². The van der Waals surface area contributed by atoms with E-state index in [0.29, 0.717) is 19.5 Å². The molecule has 4 rings (SSSR count). The molecule has 0 saturated carbocycles. The summed E-state index contributed by atoms with van der Waals surface area (Å²) in [5.41, 5.74) is 0.958. The third kappa shape index (κ3) is 7.31. The van der Waals surface area contributed by atoms with E-state index in [0.717, 1.165) is 5.56 Å². The van der Waals surface area contributed by atoms with Crippen LogP contribution in [-0.2, 0) is 30.1 Å². The Hall–Kier alpha value is -3.64. The lowest BCUT2D eigenvalue weighted by Gasteiger charge is -2.43. The summed E-state index contributed by atoms with van der Waals surface area (Å²) >= 11 is 0. The quantitative estimate of drug-likeness (QED) is 0.434. The number of benzene rings is 1. The number of carbonyl (C=O) groups excluding carboxylic acids is 4. The van der Waals surface area contributed by atoms with E-state index in [-0.39, 0.29) is 30.2 Å². The molecule has 12 heteroatoms. The number of likely N-dealkylation sites (N-methyl/N-ethyl adjacent to an activating group) is 2. The number of piperazine rings is 1. The fourth-order valence-electron chi connectivity index (χ4n) is 5.26. The van der Waals surface area contributed by atoms with E-state index in [1.54, 1.807) is 11.9 Å². The van der Waals surface area contributed by atoms with Crippen LogP contribution in [0.5, 0.6) is 0 Å². The Morgan fingerprint density at radius 3 is 2.27 bits per heavy atom. The smallest absolute Gasteiger partial charge is 0.498 e. The van der Waals surface area contributed by atoms with Crippen LogP contribution in [-0.4, -0.2) is 95.8 Å². The fourth-order valence-corrected chi connectivity index (χ4v) is 5.26. The molecule has 1 amide bonds. The van der Waals surface area contributed by atoms with Crippen LogP contribution in [0.15, 0.2) is 48.9 Å². The van der Waals surface area contributed by atoms with E-state index < -0.39 is 48.9 Å². The van der Waals surface area contributed by atoms with Gasteiger partial charge in [0.1, 0.15) is 17.8 Å². The highest BCUT2D eigenvalue weighted by molar-refractivity contribution is 6.51. The minimum absolute atomic E-state index is 0.0628. The Morgan fingerprint density at radius 1 is 1.05 bits per heavy atom. The van der Waals surface area contributed by atoms with Crippen LogP contribution in [0.1, 0.15) is 42.7 Å². The molecule has 2 aliphatic heterocycles. The van der Waals surface area contributed by atoms with Crippen molar-refractivity contribution in [1.82, 2.24) is 25.1 Å². The zero-order chi connectivity index (χ0) is 28.8. The zero-order valence-corrected chi connectivity index (χ0v) is 23.4. The zero-order valence-electron chi connectivity index (χ0n) is 23.4. The van der Waals surface area contributed by atoms with Crippen LogP contribution < -0.4 is 5.32 Å². The first kappa shape index (κ1) is 29.4. The molecule has 2 bridgehead atoms. The molecule has 212 valence electrons. The second-order valence-corrected chi connectivity index (χ2v) is 11.0. The average molecular weight is 549 g/mol. The molecule has 4 atom stereocenters. The van der Waals surface area contributed by atoms with Gasteiger partial charge in [-0.2, -0.15) is 0 Å². The van der Waals surface area contributed by atoms with Gasteiger partial charge in [-0.1, -0.05) is 44.2 Å². The standard InChI is InChI=1S/C28H36BN5O6/c1-18(2)12-20(29-39-27(37)23-16-33(3)17-24(34(23)4)28(38)40-29)14-25(35)21(13-19-8-6-5-7-9-19)32-26(36)22-15-30-10-11-31-22/h5-11,15,18,20-21,23-24H,12-14,16-17H2,1-4H3,(H,32,36)/t20-,21+,23-,24+/m1/s1. The number of amides is 1. The van der Waals surface area contributed by atoms with Crippen molar-refractivity contribution in [1.29, 1.82) is 0 Å². The van der Waals surface area contributed by atoms with Gasteiger partial charge in [-0.3, -0.25) is 29.1 Å². The molecule has 1 aromatic carbocycles. The highest BCUT2D eigenvalue weighted by atomic mass is 16.6. The van der Waals surface area contributed by atoms with Gasteiger partial charge in [0.2, 0.25) is 0 Å². The summed E-state index contributed by atoms with van der Waals surface area (Å²) in [6, 6.07) is 7.24. The number of aromatic nitrogens is 2. The third-order valence-electron chi connectivity index (χ3n) is 7.36. The van der Waals surface area contributed by atoms with Gasteiger partial charge < -0.3 is 19.5 Å². The molecular weight excluding hydrogens is 513 g/mol. The first-order valence-electron chi connectivity index (χ1n) is 13.6. The van der Waals surface area contributed by atoms with E-state index in [1.165, 1.54) is 18.6 Å². The highest BCUT2D eigenvalue weighted by Gasteiger charge is 2.49. The Bertz CT molecular complexity index is 1170. The third-order valence-corrected chi connectivity index (χ3v) is 7.36. The van der Waals surface area contributed by atoms with Crippen LogP contribution in [0.4, 0.5) is 0 Å². The second-order valence-electron chi connectivity index (χ2n) is 11.0. The molecule has 2 aliphatic rings. The number of hydrogen-bond donors (Lipinski definition) is 1. The first-order chi connectivity index (χ1) is 19.1. The fraction of sp³-hybridized carbons (Fsp3) is 0.500. The van der Waals surface area contributed by atoms with Gasteiger partial charge in [0.25, 0.3) is 5.91 Å². The summed E-state index contributed by atoms with van der Waals surface area (Å²) < 4.78 is 11.5. The van der Waals surface area contributed by atoms with Crippen molar-refractivity contribution in [3.05, 3.63) is 60.2 Å². The van der Waals surface area contributed by atoms with Gasteiger partial charge in [-0.15, -0.1) is 0 Å². The number of nitrogens with zero attached hydrogens (tertiary/aromatic N) is 4. The van der Waals surface area contributed by atoms with E-state index in [9.17, 15) is 19.2 Å². The SMILES string of the molecule is CC(C)C[C@H](CC(=O)[C@H](Cc1ccccc1)NC(=O)c1cnccn1)B1OC(=O)[C@H]2CN(C)C[C@@H](C(=O)O1)N2C. The van der Waals surface area contributed by atoms with Crippen molar-refractivity contribution in [2.45, 2.75) is 57.1 Å². The molecule has 1 aromatic heterocycles. The lowest BCUT2D eigenvalue weighted by molar-refractivity contribution is -0.159. The van der Waals surface area contributed by atoms with Gasteiger partial charge in [0.15, 0.2) is 5.78 Å². The average Bonchev–Trinajstić information content (AvgIpc) is 2.93. The van der Waals surface area contributed by atoms with E-state index in [2.05, 4.69) is 15.3 Å². The number of rotatable bonds is 10. The monoisotopic (exact) mass is 549 g/mol. The number of nitrogens with one attached hydrogen (secondary N) is 1. The summed E-state index contributed by atoms with van der Waals surface area (Å²) in [5.74, 6) is -2.24. The molecule has 3 heterocycles. The summed E-state index contributed by atoms with van der Waals surface area (Å²) in [5, 5.41) is 2.81. The lowest BCUT2D eigenvalue weighted by Crippen LogP contribution is -2.64. The normalized spacial score (nSPS) is 21.6. The molecule has 1 N–H and O–H groups in total. The van der Waals surface area contributed by atoms with Crippen LogP contribution in [0, 0.1) is 5.92 Å². The minimum atomic E-state index is -1.21. The van der Waals surface area contributed by atoms with E-state index in [4.69, 9.17) is 9.31 Å². The molecule has 11 nitrogen and oxygen atoms in total. The van der Waals surface area contributed by atoms with Gasteiger partial charge >= 0.3 is 19.1 Å².